The summed E-state index contributed by atoms with van der Waals surface area (Å²) in [5, 5.41) is 1.08. The van der Waals surface area contributed by atoms with Crippen molar-refractivity contribution < 1.29 is 14.0 Å². The van der Waals surface area contributed by atoms with E-state index in [2.05, 4.69) is 20.9 Å². The fourth-order valence-corrected chi connectivity index (χ4v) is 2.51. The second kappa shape index (κ2) is 4.68. The number of aliphatic imine (C=N–C) groups is 1. The lowest BCUT2D eigenvalue weighted by Crippen LogP contribution is -2.40. The predicted molar refractivity (Wildman–Crippen MR) is 74.0 cm³/mol. The highest BCUT2D eigenvalue weighted by atomic mass is 79.9. The predicted octanol–water partition coefficient (Wildman–Crippen LogP) is 2.97. The molecule has 1 aliphatic rings. The van der Waals surface area contributed by atoms with E-state index in [1.54, 1.807) is 6.07 Å². The molecule has 0 radical (unpaired) electrons. The minimum Gasteiger partial charge on any atom is -0.274 e. The Morgan fingerprint density at radius 3 is 2.68 bits per heavy atom. The van der Waals surface area contributed by atoms with Crippen molar-refractivity contribution in [2.75, 3.05) is 14.2 Å². The van der Waals surface area contributed by atoms with Crippen molar-refractivity contribution in [3.05, 3.63) is 28.0 Å². The average Bonchev–Trinajstić information content (AvgIpc) is 2.60. The van der Waals surface area contributed by atoms with Crippen molar-refractivity contribution in [3.8, 4) is 0 Å². The molecule has 0 fully saturated rings. The van der Waals surface area contributed by atoms with Crippen LogP contribution in [0.5, 0.6) is 0 Å². The molecule has 0 spiro atoms. The summed E-state index contributed by atoms with van der Waals surface area (Å²) in [4.78, 5) is 21.2. The molecule has 0 N–H and O–H groups in total. The van der Waals surface area contributed by atoms with E-state index in [-0.39, 0.29) is 17.3 Å². The zero-order valence-corrected chi connectivity index (χ0v) is 12.7. The quantitative estimate of drug-likeness (QED) is 0.783. The molecular formula is C13H14BrFN2O2. The molecule has 1 heterocycles. The van der Waals surface area contributed by atoms with Gasteiger partial charge in [0.1, 0.15) is 17.2 Å². The molecule has 0 saturated carbocycles. The van der Waals surface area contributed by atoms with E-state index >= 15 is 0 Å². The van der Waals surface area contributed by atoms with Crippen molar-refractivity contribution in [3.63, 3.8) is 0 Å². The van der Waals surface area contributed by atoms with Gasteiger partial charge in [0.15, 0.2) is 0 Å². The average molecular weight is 329 g/mol. The van der Waals surface area contributed by atoms with Gasteiger partial charge >= 0.3 is 0 Å². The molecule has 1 aliphatic heterocycles. The van der Waals surface area contributed by atoms with Gasteiger partial charge in [-0.25, -0.2) is 14.4 Å². The van der Waals surface area contributed by atoms with Gasteiger partial charge in [0.25, 0.3) is 5.91 Å². The number of nitrogens with zero attached hydrogens (tertiary/aromatic N) is 2. The topological polar surface area (TPSA) is 41.9 Å². The lowest BCUT2D eigenvalue weighted by atomic mass is 9.81. The Labute approximate surface area is 119 Å². The third kappa shape index (κ3) is 2.19. The largest absolute Gasteiger partial charge is 0.292 e. The van der Waals surface area contributed by atoms with Gasteiger partial charge in [0.2, 0.25) is 0 Å². The van der Waals surface area contributed by atoms with Crippen LogP contribution < -0.4 is 0 Å². The van der Waals surface area contributed by atoms with Gasteiger partial charge in [-0.2, -0.15) is 0 Å². The molecular weight excluding hydrogens is 315 g/mol. The maximum Gasteiger partial charge on any atom is 0.292 e. The monoisotopic (exact) mass is 328 g/mol. The van der Waals surface area contributed by atoms with Crippen molar-refractivity contribution in [2.24, 2.45) is 4.99 Å². The summed E-state index contributed by atoms with van der Waals surface area (Å²) in [6, 6.07) is 3.13. The summed E-state index contributed by atoms with van der Waals surface area (Å²) in [6.07, 6.45) is 0. The van der Waals surface area contributed by atoms with Gasteiger partial charge in [-0.05, 0) is 31.5 Å². The van der Waals surface area contributed by atoms with Gasteiger partial charge in [-0.15, -0.1) is 0 Å². The van der Waals surface area contributed by atoms with E-state index in [0.29, 0.717) is 10.0 Å². The molecule has 0 saturated heterocycles. The highest BCUT2D eigenvalue weighted by Gasteiger charge is 2.41. The summed E-state index contributed by atoms with van der Waals surface area (Å²) < 4.78 is 14.5. The molecule has 6 heteroatoms. The Morgan fingerprint density at radius 1 is 1.47 bits per heavy atom. The van der Waals surface area contributed by atoms with Crippen LogP contribution in [-0.4, -0.2) is 30.8 Å². The first-order chi connectivity index (χ1) is 8.78. The van der Waals surface area contributed by atoms with Crippen molar-refractivity contribution in [2.45, 2.75) is 19.3 Å². The van der Waals surface area contributed by atoms with Crippen molar-refractivity contribution in [1.29, 1.82) is 0 Å². The van der Waals surface area contributed by atoms with Crippen molar-refractivity contribution in [1.82, 2.24) is 5.06 Å². The molecule has 1 aromatic carbocycles. The number of hydroxylamine groups is 2. The van der Waals surface area contributed by atoms with Crippen molar-refractivity contribution >= 4 is 33.2 Å². The Kier molecular flexibility index (Phi) is 3.49. The molecule has 0 bridgehead atoms. The van der Waals surface area contributed by atoms with Gasteiger partial charge in [-0.3, -0.25) is 9.63 Å². The minimum absolute atomic E-state index is 0.223. The first-order valence-corrected chi connectivity index (χ1v) is 6.49. The summed E-state index contributed by atoms with van der Waals surface area (Å²) in [7, 11) is 2.89. The van der Waals surface area contributed by atoms with E-state index in [1.807, 2.05) is 13.8 Å². The minimum atomic E-state index is -0.663. The number of rotatable bonds is 2. The molecule has 0 aromatic heterocycles. The van der Waals surface area contributed by atoms with E-state index in [0.717, 1.165) is 5.06 Å². The maximum absolute atomic E-state index is 13.9. The Morgan fingerprint density at radius 2 is 2.11 bits per heavy atom. The molecule has 102 valence electrons. The molecule has 2 rings (SSSR count). The summed E-state index contributed by atoms with van der Waals surface area (Å²) in [5.41, 5.74) is 0.515. The van der Waals surface area contributed by atoms with Gasteiger partial charge in [0, 0.05) is 16.9 Å². The summed E-state index contributed by atoms with van der Waals surface area (Å²) in [5.74, 6) is -0.820. The Hall–Kier alpha value is -1.27. The van der Waals surface area contributed by atoms with E-state index in [1.165, 1.54) is 20.2 Å². The highest BCUT2D eigenvalue weighted by Crippen LogP contribution is 2.43. The fraction of sp³-hybridized carbons (Fsp3) is 0.385. The molecule has 4 nitrogen and oxygen atoms in total. The van der Waals surface area contributed by atoms with Crippen LogP contribution in [0.3, 0.4) is 0 Å². The van der Waals surface area contributed by atoms with Crippen LogP contribution in [0.1, 0.15) is 19.4 Å². The number of benzene rings is 1. The van der Waals surface area contributed by atoms with Crippen LogP contribution >= 0.6 is 15.9 Å². The lowest BCUT2D eigenvalue weighted by molar-refractivity contribution is -0.160. The molecule has 19 heavy (non-hydrogen) atoms. The smallest absolute Gasteiger partial charge is 0.274 e. The number of hydrogen-bond donors (Lipinski definition) is 0. The first-order valence-electron chi connectivity index (χ1n) is 5.70. The standard InChI is InChI=1S/C13H14BrFN2O2/c1-13(2)8-5-7(14)6-9(15)10(8)16-11(13)12(18)17(3)19-4/h5-6H,1-4H3. The maximum atomic E-state index is 13.9. The number of amides is 1. The lowest BCUT2D eigenvalue weighted by Gasteiger charge is -2.24. The zero-order chi connectivity index (χ0) is 14.4. The normalized spacial score (nSPS) is 16.0. The molecule has 0 atom stereocenters. The Balaban J connectivity index is 2.55. The second-order valence-electron chi connectivity index (χ2n) is 4.85. The number of halogens is 2. The van der Waals surface area contributed by atoms with Crippen LogP contribution in [-0.2, 0) is 15.0 Å². The second-order valence-corrected chi connectivity index (χ2v) is 5.77. The van der Waals surface area contributed by atoms with Gasteiger partial charge in [0.05, 0.1) is 7.11 Å². The number of fused-ring (bicyclic) bond motifs is 1. The van der Waals surface area contributed by atoms with E-state index in [4.69, 9.17) is 4.84 Å². The Bertz CT molecular complexity index is 584. The zero-order valence-electron chi connectivity index (χ0n) is 11.1. The highest BCUT2D eigenvalue weighted by molar-refractivity contribution is 9.10. The summed E-state index contributed by atoms with van der Waals surface area (Å²) in [6.45, 7) is 3.68. The third-order valence-electron chi connectivity index (χ3n) is 3.28. The van der Waals surface area contributed by atoms with Crippen LogP contribution in [0.15, 0.2) is 21.6 Å². The summed E-state index contributed by atoms with van der Waals surface area (Å²) >= 11 is 3.26. The molecule has 0 unspecified atom stereocenters. The fourth-order valence-electron chi connectivity index (χ4n) is 2.08. The van der Waals surface area contributed by atoms with E-state index in [9.17, 15) is 9.18 Å². The molecule has 1 aromatic rings. The SMILES string of the molecule is CON(C)C(=O)C1=Nc2c(F)cc(Br)cc2C1(C)C. The van der Waals surface area contributed by atoms with Gasteiger partial charge < -0.3 is 0 Å². The van der Waals surface area contributed by atoms with Gasteiger partial charge in [-0.1, -0.05) is 15.9 Å². The first kappa shape index (κ1) is 14.1. The molecule has 1 amide bonds. The van der Waals surface area contributed by atoms with Crippen LogP contribution in [0.2, 0.25) is 0 Å². The van der Waals surface area contributed by atoms with Crippen LogP contribution in [0.4, 0.5) is 10.1 Å². The van der Waals surface area contributed by atoms with E-state index < -0.39 is 11.2 Å². The third-order valence-corrected chi connectivity index (χ3v) is 3.74. The number of carbonyl (C=O) groups is 1. The van der Waals surface area contributed by atoms with Crippen LogP contribution in [0.25, 0.3) is 0 Å². The number of carbonyl (C=O) groups excluding carboxylic acids is 1. The molecule has 0 aliphatic carbocycles. The number of hydrogen-bond acceptors (Lipinski definition) is 3. The van der Waals surface area contributed by atoms with Crippen LogP contribution in [0, 0.1) is 5.82 Å².